The quantitative estimate of drug-likeness (QED) is 0.00908. The summed E-state index contributed by atoms with van der Waals surface area (Å²) in [5, 5.41) is 103. The lowest BCUT2D eigenvalue weighted by Crippen LogP contribution is -2.71. The molecule has 4 saturated heterocycles. The van der Waals surface area contributed by atoms with Crippen LogP contribution in [-0.4, -0.2) is 238 Å². The number of ether oxygens (including phenoxy) is 8. The average molecular weight is 1140 g/mol. The van der Waals surface area contributed by atoms with Crippen molar-refractivity contribution in [3.05, 3.63) is 12.7 Å². The normalized spacial score (nSPS) is 37.6. The van der Waals surface area contributed by atoms with Crippen LogP contribution >= 0.6 is 24.6 Å². The maximum Gasteiger partial charge on any atom is 0.397 e. The van der Waals surface area contributed by atoms with Crippen molar-refractivity contribution in [1.82, 2.24) is 10.6 Å². The number of nitrogens with one attached hydrogen (secondary N) is 2. The van der Waals surface area contributed by atoms with Gasteiger partial charge in [-0.3, -0.25) is 27.1 Å². The highest BCUT2D eigenvalue weighted by Gasteiger charge is 2.60. The van der Waals surface area contributed by atoms with Crippen molar-refractivity contribution in [1.29, 1.82) is 0 Å². The zero-order valence-corrected chi connectivity index (χ0v) is 39.6. The molecule has 416 valence electrons. The van der Waals surface area contributed by atoms with E-state index in [2.05, 4.69) is 40.1 Å². The predicted octanol–water partition coefficient (Wildman–Crippen LogP) is -6.39. The van der Waals surface area contributed by atoms with Crippen LogP contribution in [0.1, 0.15) is 13.8 Å². The molecule has 72 heavy (non-hydrogen) atoms. The Balaban J connectivity index is 1.87. The molecule has 2 amide bonds. The van der Waals surface area contributed by atoms with Crippen molar-refractivity contribution in [2.45, 2.75) is 137 Å². The second kappa shape index (κ2) is 27.8. The molecule has 0 aromatic rings. The van der Waals surface area contributed by atoms with Gasteiger partial charge in [-0.15, -0.1) is 15.2 Å². The van der Waals surface area contributed by atoms with Crippen LogP contribution in [0.3, 0.4) is 0 Å². The van der Waals surface area contributed by atoms with Crippen LogP contribution in [0.25, 0.3) is 0 Å². The zero-order chi connectivity index (χ0) is 53.8. The average Bonchev–Trinajstić information content (AvgIpc) is 3.28. The Hall–Kier alpha value is -2.78. The first-order valence-corrected chi connectivity index (χ1v) is 23.9. The largest absolute Gasteiger partial charge is 0.479 e. The number of carbonyl (C=O) groups excluding carboxylic acids is 2. The van der Waals surface area contributed by atoms with E-state index < -0.39 is 193 Å². The number of hydrogen-bond donors (Lipinski definition) is 13. The SMILES string of the molecule is C=CCOC1OC(CO)C(O)C(OC2OC(C(=O)O)C(OC3OC(CO)C(O)C(OC4OC(C(=O)O)C(O)C(OSOOO)C4OS(=O)(=O)O)C3NC(C)=O)C(OSOOO)C2OS(=O)(=O)O)C1NC(C)=O. The van der Waals surface area contributed by atoms with Crippen LogP contribution < -0.4 is 10.6 Å². The van der Waals surface area contributed by atoms with Crippen molar-refractivity contribution in [3.8, 4) is 0 Å². The summed E-state index contributed by atoms with van der Waals surface area (Å²) in [6.07, 6.45) is -40.7. The molecule has 0 aromatic carbocycles. The van der Waals surface area contributed by atoms with Gasteiger partial charge in [0.25, 0.3) is 0 Å². The fourth-order valence-electron chi connectivity index (χ4n) is 7.38. The topological polar surface area (TPSA) is 531 Å². The van der Waals surface area contributed by atoms with Gasteiger partial charge in [-0.05, 0) is 0 Å². The number of rotatable bonds is 27. The molecule has 0 aliphatic carbocycles. The summed E-state index contributed by atoms with van der Waals surface area (Å²) in [6.45, 7) is 2.71. The molecule has 4 fully saturated rings. The Morgan fingerprint density at radius 2 is 1.01 bits per heavy atom. The highest BCUT2D eigenvalue weighted by atomic mass is 32.3. The third kappa shape index (κ3) is 16.6. The third-order valence-electron chi connectivity index (χ3n) is 10.1. The molecular weight excluding hydrogens is 1090 g/mol. The first-order valence-electron chi connectivity index (χ1n) is 19.8. The molecule has 0 spiro atoms. The van der Waals surface area contributed by atoms with Gasteiger partial charge in [-0.1, -0.05) is 16.2 Å². The second-order valence-electron chi connectivity index (χ2n) is 14.8. The van der Waals surface area contributed by atoms with E-state index in [9.17, 15) is 80.9 Å². The summed E-state index contributed by atoms with van der Waals surface area (Å²) in [7, 11) is -11.5. The van der Waals surface area contributed by atoms with Crippen molar-refractivity contribution in [2.24, 2.45) is 0 Å². The molecule has 0 saturated carbocycles. The van der Waals surface area contributed by atoms with Gasteiger partial charge in [-0.25, -0.2) is 28.5 Å². The molecule has 4 heterocycles. The summed E-state index contributed by atoms with van der Waals surface area (Å²) in [6, 6.07) is -3.85. The van der Waals surface area contributed by atoms with Gasteiger partial charge in [0.2, 0.25) is 11.8 Å². The van der Waals surface area contributed by atoms with Crippen molar-refractivity contribution in [3.63, 3.8) is 0 Å². The van der Waals surface area contributed by atoms with Crippen LogP contribution in [0.5, 0.6) is 0 Å². The number of aliphatic carboxylic acids is 2. The fourth-order valence-corrected chi connectivity index (χ4v) is 9.08. The maximum atomic E-state index is 13.2. The zero-order valence-electron chi connectivity index (χ0n) is 36.3. The molecular formula is C31H48N2O35S4. The van der Waals surface area contributed by atoms with Crippen LogP contribution in [0.4, 0.5) is 0 Å². The predicted molar refractivity (Wildman–Crippen MR) is 215 cm³/mol. The van der Waals surface area contributed by atoms with E-state index in [4.69, 9.17) is 61.0 Å². The van der Waals surface area contributed by atoms with Gasteiger partial charge in [0, 0.05) is 13.8 Å². The van der Waals surface area contributed by atoms with E-state index in [1.807, 2.05) is 0 Å². The summed E-state index contributed by atoms with van der Waals surface area (Å²) in [5.41, 5.74) is 0. The van der Waals surface area contributed by atoms with Crippen LogP contribution in [0.15, 0.2) is 12.7 Å². The number of carbonyl (C=O) groups is 4. The third-order valence-corrected chi connectivity index (χ3v) is 11.8. The number of carboxylic acids is 2. The second-order valence-corrected chi connectivity index (χ2v) is 17.9. The minimum Gasteiger partial charge on any atom is -0.479 e. The van der Waals surface area contributed by atoms with E-state index in [0.717, 1.165) is 13.8 Å². The van der Waals surface area contributed by atoms with Gasteiger partial charge < -0.3 is 84.3 Å². The maximum absolute atomic E-state index is 13.2. The molecule has 37 nitrogen and oxygen atoms in total. The van der Waals surface area contributed by atoms with Crippen molar-refractivity contribution >= 4 is 69.2 Å². The molecule has 13 N–H and O–H groups in total. The van der Waals surface area contributed by atoms with E-state index in [1.165, 1.54) is 6.08 Å². The lowest BCUT2D eigenvalue weighted by molar-refractivity contribution is -0.435. The Labute approximate surface area is 412 Å². The van der Waals surface area contributed by atoms with Crippen LogP contribution in [-0.2, 0) is 113 Å². The molecule has 4 aliphatic rings. The molecule has 0 radical (unpaired) electrons. The molecule has 20 unspecified atom stereocenters. The lowest BCUT2D eigenvalue weighted by atomic mass is 9.94. The van der Waals surface area contributed by atoms with Gasteiger partial charge in [0.1, 0.15) is 73.1 Å². The summed E-state index contributed by atoms with van der Waals surface area (Å²) < 4.78 is 142. The van der Waals surface area contributed by atoms with E-state index in [1.54, 1.807) is 0 Å². The number of aliphatic hydroxyl groups excluding tert-OH is 5. The highest BCUT2D eigenvalue weighted by molar-refractivity contribution is 7.90. The lowest BCUT2D eigenvalue weighted by Gasteiger charge is -2.50. The number of amides is 2. The summed E-state index contributed by atoms with van der Waals surface area (Å²) >= 11 is -0.819. The van der Waals surface area contributed by atoms with E-state index in [-0.39, 0.29) is 18.9 Å². The molecule has 20 atom stereocenters. The standard InChI is InChI=1S/C31H48N2O35S4/c1-4-5-53-28-12(32-8(2)36)17(14(38)10(6-34)54-28)56-31-25(64-72(50,51)52)22(62-70-68-66-46)21(23(60-31)27(43)44)59-29-13(33-9(3)37)18(15(39)11(7-35)55-29)57-30-24(63-71(47,48)49)19(61-69-67-65-45)16(40)20(58-30)26(41)42/h4,10-25,28-31,34-35,38-40,45-46H,1,5-7H2,2-3H3,(H,32,36)(H,33,37)(H,41,42)(H,43,44)(H,47,48,49)(H,50,51,52). The molecule has 0 aromatic heterocycles. The Morgan fingerprint density at radius 3 is 1.43 bits per heavy atom. The van der Waals surface area contributed by atoms with Crippen molar-refractivity contribution < 1.29 is 165 Å². The number of carboxylic acid groups (broad SMARTS) is 2. The van der Waals surface area contributed by atoms with E-state index >= 15 is 0 Å². The molecule has 0 bridgehead atoms. The summed E-state index contributed by atoms with van der Waals surface area (Å²) in [4.78, 5) is 50.6. The Bertz CT molecular complexity index is 2030. The highest BCUT2D eigenvalue weighted by Crippen LogP contribution is 2.39. The van der Waals surface area contributed by atoms with Gasteiger partial charge >= 0.3 is 32.7 Å². The Morgan fingerprint density at radius 1 is 0.597 bits per heavy atom. The minimum atomic E-state index is -5.82. The first-order chi connectivity index (χ1) is 33.8. The van der Waals surface area contributed by atoms with E-state index in [0.29, 0.717) is 0 Å². The molecule has 4 aliphatic heterocycles. The number of hydrogen-bond acceptors (Lipinski definition) is 33. The van der Waals surface area contributed by atoms with Gasteiger partial charge in [0.05, 0.1) is 19.8 Å². The molecule has 4 rings (SSSR count). The van der Waals surface area contributed by atoms with Crippen LogP contribution in [0.2, 0.25) is 0 Å². The smallest absolute Gasteiger partial charge is 0.397 e. The monoisotopic (exact) mass is 1140 g/mol. The van der Waals surface area contributed by atoms with Gasteiger partial charge in [0.15, 0.2) is 74.2 Å². The van der Waals surface area contributed by atoms with Gasteiger partial charge in [-0.2, -0.15) is 16.8 Å². The minimum absolute atomic E-state index is 0.303. The van der Waals surface area contributed by atoms with Crippen molar-refractivity contribution in [2.75, 3.05) is 19.8 Å². The fraction of sp³-hybridized carbons (Fsp3) is 0.806. The summed E-state index contributed by atoms with van der Waals surface area (Å²) in [5.74, 6) is -6.07. The van der Waals surface area contributed by atoms with Crippen LogP contribution in [0, 0.1) is 0 Å². The Kier molecular flexibility index (Phi) is 23.9. The number of aliphatic hydroxyl groups is 5. The first kappa shape index (κ1) is 61.8. The molecule has 41 heteroatoms.